The Labute approximate surface area is 155 Å². The molecule has 0 spiro atoms. The van der Waals surface area contributed by atoms with E-state index in [1.54, 1.807) is 12.3 Å². The standard InChI is InChI=1S/C18H17ClN4O3/c1-24-15-10-16(25-2)23-18(22-15)26-17-12(4-3-9-20-17)11-21-14-7-5-13(19)6-8-14/h3-10,21H,11H2,1-2H3. The maximum atomic E-state index is 5.90. The average molecular weight is 373 g/mol. The second kappa shape index (κ2) is 8.35. The van der Waals surface area contributed by atoms with Gasteiger partial charge in [0.05, 0.1) is 20.3 Å². The number of nitrogens with zero attached hydrogens (tertiary/aromatic N) is 3. The number of rotatable bonds is 7. The number of methoxy groups -OCH3 is 2. The molecular weight excluding hydrogens is 356 g/mol. The van der Waals surface area contributed by atoms with Crippen LogP contribution in [0.15, 0.2) is 48.7 Å². The van der Waals surface area contributed by atoms with Crippen molar-refractivity contribution in [1.29, 1.82) is 0 Å². The molecule has 0 aliphatic carbocycles. The number of hydrogen-bond acceptors (Lipinski definition) is 7. The molecule has 0 unspecified atom stereocenters. The maximum absolute atomic E-state index is 5.90. The molecule has 1 aromatic carbocycles. The number of benzene rings is 1. The van der Waals surface area contributed by atoms with Gasteiger partial charge in [-0.25, -0.2) is 4.98 Å². The second-order valence-electron chi connectivity index (χ2n) is 5.17. The maximum Gasteiger partial charge on any atom is 0.330 e. The number of pyridine rings is 1. The minimum Gasteiger partial charge on any atom is -0.481 e. The van der Waals surface area contributed by atoms with Crippen LogP contribution in [0.4, 0.5) is 5.69 Å². The number of halogens is 1. The van der Waals surface area contributed by atoms with Gasteiger partial charge in [0.1, 0.15) is 0 Å². The Morgan fingerprint density at radius 2 is 1.69 bits per heavy atom. The van der Waals surface area contributed by atoms with Crippen LogP contribution < -0.4 is 19.5 Å². The van der Waals surface area contributed by atoms with Crippen molar-refractivity contribution in [3.8, 4) is 23.7 Å². The van der Waals surface area contributed by atoms with Gasteiger partial charge >= 0.3 is 6.01 Å². The van der Waals surface area contributed by atoms with Crippen molar-refractivity contribution in [3.63, 3.8) is 0 Å². The third-order valence-corrected chi connectivity index (χ3v) is 3.69. The number of ether oxygens (including phenoxy) is 3. The van der Waals surface area contributed by atoms with Crippen molar-refractivity contribution >= 4 is 17.3 Å². The zero-order valence-corrected chi connectivity index (χ0v) is 15.0. The van der Waals surface area contributed by atoms with Crippen LogP contribution in [-0.4, -0.2) is 29.2 Å². The molecular formula is C18H17ClN4O3. The number of nitrogens with one attached hydrogen (secondary N) is 1. The lowest BCUT2D eigenvalue weighted by atomic mass is 10.2. The van der Waals surface area contributed by atoms with E-state index in [9.17, 15) is 0 Å². The predicted octanol–water partition coefficient (Wildman–Crippen LogP) is 3.95. The van der Waals surface area contributed by atoms with Gasteiger partial charge in [0.2, 0.25) is 17.6 Å². The first-order valence-corrected chi connectivity index (χ1v) is 8.14. The van der Waals surface area contributed by atoms with Gasteiger partial charge in [-0.15, -0.1) is 0 Å². The van der Waals surface area contributed by atoms with Gasteiger partial charge in [0, 0.05) is 29.0 Å². The zero-order chi connectivity index (χ0) is 18.4. The van der Waals surface area contributed by atoms with Crippen LogP contribution in [-0.2, 0) is 6.54 Å². The summed E-state index contributed by atoms with van der Waals surface area (Å²) in [5.41, 5.74) is 1.77. The molecule has 1 N–H and O–H groups in total. The van der Waals surface area contributed by atoms with Crippen LogP contribution in [0.1, 0.15) is 5.56 Å². The van der Waals surface area contributed by atoms with E-state index in [2.05, 4.69) is 20.3 Å². The van der Waals surface area contributed by atoms with Crippen molar-refractivity contribution < 1.29 is 14.2 Å². The SMILES string of the molecule is COc1cc(OC)nc(Oc2ncccc2CNc2ccc(Cl)cc2)n1. The van der Waals surface area contributed by atoms with Gasteiger partial charge in [-0.05, 0) is 30.3 Å². The Kier molecular flexibility index (Phi) is 5.70. The molecule has 0 saturated heterocycles. The van der Waals surface area contributed by atoms with Crippen LogP contribution in [0.3, 0.4) is 0 Å². The monoisotopic (exact) mass is 372 g/mol. The molecule has 0 aliphatic heterocycles. The molecule has 0 radical (unpaired) electrons. The van der Waals surface area contributed by atoms with Gasteiger partial charge in [-0.2, -0.15) is 9.97 Å². The third kappa shape index (κ3) is 4.52. The summed E-state index contributed by atoms with van der Waals surface area (Å²) in [5, 5.41) is 3.98. The first-order valence-electron chi connectivity index (χ1n) is 7.76. The van der Waals surface area contributed by atoms with E-state index in [1.165, 1.54) is 14.2 Å². The summed E-state index contributed by atoms with van der Waals surface area (Å²) in [6.07, 6.45) is 1.64. The van der Waals surface area contributed by atoms with Crippen molar-refractivity contribution in [1.82, 2.24) is 15.0 Å². The van der Waals surface area contributed by atoms with E-state index in [4.69, 9.17) is 25.8 Å². The largest absolute Gasteiger partial charge is 0.481 e. The molecule has 3 rings (SSSR count). The number of hydrogen-bond donors (Lipinski definition) is 1. The average Bonchev–Trinajstić information content (AvgIpc) is 2.68. The van der Waals surface area contributed by atoms with E-state index >= 15 is 0 Å². The topological polar surface area (TPSA) is 78.4 Å². The first kappa shape index (κ1) is 17.8. The van der Waals surface area contributed by atoms with Gasteiger partial charge in [0.15, 0.2) is 0 Å². The summed E-state index contributed by atoms with van der Waals surface area (Å²) < 4.78 is 16.0. The Morgan fingerprint density at radius 3 is 2.35 bits per heavy atom. The van der Waals surface area contributed by atoms with Crippen LogP contribution in [0.25, 0.3) is 0 Å². The van der Waals surface area contributed by atoms with Crippen molar-refractivity contribution in [2.45, 2.75) is 6.54 Å². The second-order valence-corrected chi connectivity index (χ2v) is 5.60. The Bertz CT molecular complexity index is 852. The molecule has 26 heavy (non-hydrogen) atoms. The molecule has 0 fully saturated rings. The van der Waals surface area contributed by atoms with Crippen molar-refractivity contribution in [3.05, 3.63) is 59.2 Å². The summed E-state index contributed by atoms with van der Waals surface area (Å²) >= 11 is 5.90. The number of aromatic nitrogens is 3. The van der Waals surface area contributed by atoms with Crippen LogP contribution in [0.5, 0.6) is 23.7 Å². The minimum absolute atomic E-state index is 0.0904. The van der Waals surface area contributed by atoms with E-state index < -0.39 is 0 Å². The molecule has 134 valence electrons. The molecule has 7 nitrogen and oxygen atoms in total. The quantitative estimate of drug-likeness (QED) is 0.672. The molecule has 0 bridgehead atoms. The fourth-order valence-corrected chi connectivity index (χ4v) is 2.27. The molecule has 3 aromatic rings. The summed E-state index contributed by atoms with van der Waals surface area (Å²) in [6, 6.07) is 12.8. The third-order valence-electron chi connectivity index (χ3n) is 3.44. The first-order chi connectivity index (χ1) is 12.7. The predicted molar refractivity (Wildman–Crippen MR) is 98.2 cm³/mol. The summed E-state index contributed by atoms with van der Waals surface area (Å²) in [7, 11) is 3.02. The highest BCUT2D eigenvalue weighted by Gasteiger charge is 2.11. The zero-order valence-electron chi connectivity index (χ0n) is 14.3. The van der Waals surface area contributed by atoms with Gasteiger partial charge < -0.3 is 19.5 Å². The van der Waals surface area contributed by atoms with Crippen LogP contribution in [0, 0.1) is 0 Å². The van der Waals surface area contributed by atoms with Crippen molar-refractivity contribution in [2.24, 2.45) is 0 Å². The molecule has 0 saturated carbocycles. The summed E-state index contributed by atoms with van der Waals surface area (Å²) in [4.78, 5) is 12.6. The Morgan fingerprint density at radius 1 is 1.00 bits per heavy atom. The minimum atomic E-state index is 0.0904. The lowest BCUT2D eigenvalue weighted by Gasteiger charge is -2.11. The highest BCUT2D eigenvalue weighted by atomic mass is 35.5. The van der Waals surface area contributed by atoms with E-state index in [0.29, 0.717) is 29.2 Å². The Hall–Kier alpha value is -3.06. The summed E-state index contributed by atoms with van der Waals surface area (Å²) in [6.45, 7) is 0.506. The normalized spacial score (nSPS) is 10.3. The van der Waals surface area contributed by atoms with Crippen molar-refractivity contribution in [2.75, 3.05) is 19.5 Å². The molecule has 0 aliphatic rings. The van der Waals surface area contributed by atoms with E-state index in [1.807, 2.05) is 36.4 Å². The highest BCUT2D eigenvalue weighted by Crippen LogP contribution is 2.25. The highest BCUT2D eigenvalue weighted by molar-refractivity contribution is 6.30. The fourth-order valence-electron chi connectivity index (χ4n) is 2.14. The lowest BCUT2D eigenvalue weighted by molar-refractivity contribution is 0.344. The molecule has 8 heteroatoms. The molecule has 2 aromatic heterocycles. The van der Waals surface area contributed by atoms with Gasteiger partial charge in [-0.1, -0.05) is 17.7 Å². The molecule has 2 heterocycles. The number of anilines is 1. The fraction of sp³-hybridized carbons (Fsp3) is 0.167. The molecule has 0 atom stereocenters. The lowest BCUT2D eigenvalue weighted by Crippen LogP contribution is -2.04. The van der Waals surface area contributed by atoms with E-state index in [-0.39, 0.29) is 6.01 Å². The Balaban J connectivity index is 1.77. The summed E-state index contributed by atoms with van der Waals surface area (Å²) in [5.74, 6) is 1.07. The smallest absolute Gasteiger partial charge is 0.330 e. The van der Waals surface area contributed by atoms with Gasteiger partial charge in [-0.3, -0.25) is 0 Å². The van der Waals surface area contributed by atoms with Gasteiger partial charge in [0.25, 0.3) is 0 Å². The molecule has 0 amide bonds. The van der Waals surface area contributed by atoms with Crippen LogP contribution >= 0.6 is 11.6 Å². The van der Waals surface area contributed by atoms with E-state index in [0.717, 1.165) is 11.3 Å². The van der Waals surface area contributed by atoms with Crippen LogP contribution in [0.2, 0.25) is 5.02 Å².